The van der Waals surface area contributed by atoms with Crippen molar-refractivity contribution in [3.8, 4) is 0 Å². The van der Waals surface area contributed by atoms with Crippen LogP contribution < -0.4 is 10.2 Å². The zero-order chi connectivity index (χ0) is 22.2. The fourth-order valence-corrected chi connectivity index (χ4v) is 3.93. The number of likely N-dealkylation sites (tertiary alicyclic amines) is 1. The molecule has 0 aliphatic carbocycles. The van der Waals surface area contributed by atoms with Crippen molar-refractivity contribution in [3.05, 3.63) is 59.2 Å². The molecule has 0 spiro atoms. The van der Waals surface area contributed by atoms with Crippen LogP contribution in [-0.2, 0) is 12.6 Å². The molecular weight excluding hydrogens is 416 g/mol. The average Bonchev–Trinajstić information content (AvgIpc) is 3.16. The third kappa shape index (κ3) is 4.47. The standard InChI is InChI=1S/C21H20F4N4O2/c22-15-2-3-17-13(11-15)5-10-29(17)20(31)27-16-6-8-28(9-7-16)19(30)14-1-4-18(26-12-14)21(23,24)25/h1-4,11-12,16H,5-10H2,(H,27,31). The number of piperidine rings is 1. The van der Waals surface area contributed by atoms with Crippen LogP contribution >= 0.6 is 0 Å². The van der Waals surface area contributed by atoms with Crippen LogP contribution in [0.2, 0.25) is 0 Å². The third-order valence-electron chi connectivity index (χ3n) is 5.59. The van der Waals surface area contributed by atoms with Crippen LogP contribution in [-0.4, -0.2) is 47.5 Å². The van der Waals surface area contributed by atoms with E-state index in [-0.39, 0.29) is 29.4 Å². The molecular formula is C21H20F4N4O2. The minimum absolute atomic E-state index is 0.0939. The minimum Gasteiger partial charge on any atom is -0.338 e. The molecule has 1 aromatic carbocycles. The number of fused-ring (bicyclic) bond motifs is 1. The SMILES string of the molecule is O=C(c1ccc(C(F)(F)F)nc1)N1CCC(NC(=O)N2CCc3cc(F)ccc32)CC1. The molecule has 2 aromatic rings. The second-order valence-corrected chi connectivity index (χ2v) is 7.62. The van der Waals surface area contributed by atoms with E-state index >= 15 is 0 Å². The van der Waals surface area contributed by atoms with Crippen molar-refractivity contribution in [2.75, 3.05) is 24.5 Å². The van der Waals surface area contributed by atoms with Crippen LogP contribution in [0.5, 0.6) is 0 Å². The molecule has 0 radical (unpaired) electrons. The van der Waals surface area contributed by atoms with Gasteiger partial charge in [0.05, 0.1) is 5.56 Å². The van der Waals surface area contributed by atoms with Crippen LogP contribution in [0.15, 0.2) is 36.5 Å². The first kappa shape index (κ1) is 21.1. The van der Waals surface area contributed by atoms with E-state index in [9.17, 15) is 27.2 Å². The van der Waals surface area contributed by atoms with Gasteiger partial charge in [-0.05, 0) is 55.2 Å². The number of nitrogens with zero attached hydrogens (tertiary/aromatic N) is 3. The molecule has 0 unspecified atom stereocenters. The van der Waals surface area contributed by atoms with Crippen molar-refractivity contribution in [1.82, 2.24) is 15.2 Å². The number of halogens is 4. The number of amides is 3. The van der Waals surface area contributed by atoms with Crippen LogP contribution in [0.1, 0.15) is 34.5 Å². The number of urea groups is 1. The molecule has 6 nitrogen and oxygen atoms in total. The molecule has 31 heavy (non-hydrogen) atoms. The highest BCUT2D eigenvalue weighted by atomic mass is 19.4. The molecule has 0 bridgehead atoms. The van der Waals surface area contributed by atoms with E-state index < -0.39 is 11.9 Å². The van der Waals surface area contributed by atoms with Gasteiger partial charge >= 0.3 is 12.2 Å². The van der Waals surface area contributed by atoms with Crippen LogP contribution in [0.25, 0.3) is 0 Å². The Kier molecular flexibility index (Phi) is 5.55. The Bertz CT molecular complexity index is 986. The molecule has 4 rings (SSSR count). The lowest BCUT2D eigenvalue weighted by molar-refractivity contribution is -0.141. The second kappa shape index (κ2) is 8.16. The molecule has 10 heteroatoms. The number of rotatable bonds is 2. The summed E-state index contributed by atoms with van der Waals surface area (Å²) in [5, 5.41) is 2.96. The summed E-state index contributed by atoms with van der Waals surface area (Å²) in [6, 6.07) is 5.87. The highest BCUT2D eigenvalue weighted by Gasteiger charge is 2.33. The van der Waals surface area contributed by atoms with E-state index in [1.807, 2.05) is 0 Å². The van der Waals surface area contributed by atoms with E-state index in [1.54, 1.807) is 15.9 Å². The lowest BCUT2D eigenvalue weighted by Gasteiger charge is -2.33. The third-order valence-corrected chi connectivity index (χ3v) is 5.59. The van der Waals surface area contributed by atoms with E-state index in [0.717, 1.165) is 23.9 Å². The highest BCUT2D eigenvalue weighted by Crippen LogP contribution is 2.29. The molecule has 1 fully saturated rings. The maximum Gasteiger partial charge on any atom is 0.433 e. The number of benzene rings is 1. The summed E-state index contributed by atoms with van der Waals surface area (Å²) in [5.41, 5.74) is 0.537. The van der Waals surface area contributed by atoms with Crippen LogP contribution in [0.4, 0.5) is 28.0 Å². The predicted octanol–water partition coefficient (Wildman–Crippen LogP) is 3.62. The fourth-order valence-electron chi connectivity index (χ4n) is 3.93. The zero-order valence-corrected chi connectivity index (χ0v) is 16.5. The van der Waals surface area contributed by atoms with Gasteiger partial charge in [-0.1, -0.05) is 0 Å². The molecule has 0 atom stereocenters. The monoisotopic (exact) mass is 436 g/mol. The summed E-state index contributed by atoms with van der Waals surface area (Å²) in [4.78, 5) is 31.6. The lowest BCUT2D eigenvalue weighted by Crippen LogP contribution is -2.50. The van der Waals surface area contributed by atoms with Gasteiger partial charge < -0.3 is 10.2 Å². The lowest BCUT2D eigenvalue weighted by atomic mass is 10.0. The predicted molar refractivity (Wildman–Crippen MR) is 104 cm³/mol. The molecule has 164 valence electrons. The number of anilines is 1. The van der Waals surface area contributed by atoms with Crippen LogP contribution in [0, 0.1) is 5.82 Å². The topological polar surface area (TPSA) is 65.5 Å². The van der Waals surface area contributed by atoms with Crippen molar-refractivity contribution in [2.45, 2.75) is 31.5 Å². The summed E-state index contributed by atoms with van der Waals surface area (Å²) in [5.74, 6) is -0.720. The molecule has 0 saturated carbocycles. The first-order valence-corrected chi connectivity index (χ1v) is 9.91. The van der Waals surface area contributed by atoms with E-state index in [1.165, 1.54) is 12.1 Å². The maximum atomic E-state index is 13.4. The van der Waals surface area contributed by atoms with Crippen molar-refractivity contribution in [3.63, 3.8) is 0 Å². The number of hydrogen-bond acceptors (Lipinski definition) is 3. The smallest absolute Gasteiger partial charge is 0.338 e. The van der Waals surface area contributed by atoms with Gasteiger partial charge in [0.2, 0.25) is 0 Å². The van der Waals surface area contributed by atoms with Gasteiger partial charge in [-0.3, -0.25) is 14.7 Å². The number of carbonyl (C=O) groups excluding carboxylic acids is 2. The molecule has 2 aliphatic rings. The molecule has 3 heterocycles. The number of hydrogen-bond donors (Lipinski definition) is 1. The Hall–Kier alpha value is -3.17. The van der Waals surface area contributed by atoms with E-state index in [2.05, 4.69) is 10.3 Å². The number of carbonyl (C=O) groups is 2. The van der Waals surface area contributed by atoms with Crippen molar-refractivity contribution in [2.24, 2.45) is 0 Å². The van der Waals surface area contributed by atoms with E-state index in [4.69, 9.17) is 0 Å². The first-order chi connectivity index (χ1) is 14.7. The molecule has 1 saturated heterocycles. The number of pyridine rings is 1. The van der Waals surface area contributed by atoms with Crippen LogP contribution in [0.3, 0.4) is 0 Å². The van der Waals surface area contributed by atoms with Crippen molar-refractivity contribution in [1.29, 1.82) is 0 Å². The minimum atomic E-state index is -4.55. The van der Waals surface area contributed by atoms with Gasteiger partial charge in [0.15, 0.2) is 0 Å². The normalized spacial score (nSPS) is 16.9. The second-order valence-electron chi connectivity index (χ2n) is 7.62. The number of aromatic nitrogens is 1. The summed E-state index contributed by atoms with van der Waals surface area (Å²) >= 11 is 0. The quantitative estimate of drug-likeness (QED) is 0.732. The van der Waals surface area contributed by atoms with Crippen molar-refractivity contribution >= 4 is 17.6 Å². The summed E-state index contributed by atoms with van der Waals surface area (Å²) in [6.07, 6.45) is -1.98. The molecule has 1 N–H and O–H groups in total. The highest BCUT2D eigenvalue weighted by molar-refractivity contribution is 5.95. The van der Waals surface area contributed by atoms with Crippen molar-refractivity contribution < 1.29 is 27.2 Å². The Morgan fingerprint density at radius 1 is 1.06 bits per heavy atom. The Morgan fingerprint density at radius 3 is 2.45 bits per heavy atom. The Balaban J connectivity index is 1.31. The zero-order valence-electron chi connectivity index (χ0n) is 16.5. The Labute approximate surface area is 175 Å². The van der Waals surface area contributed by atoms with Gasteiger partial charge in [-0.15, -0.1) is 0 Å². The molecule has 2 aliphatic heterocycles. The molecule has 1 aromatic heterocycles. The van der Waals surface area contributed by atoms with E-state index in [0.29, 0.717) is 44.6 Å². The summed E-state index contributed by atoms with van der Waals surface area (Å²) in [7, 11) is 0. The molecule has 3 amide bonds. The van der Waals surface area contributed by atoms with Gasteiger partial charge in [0.25, 0.3) is 5.91 Å². The number of alkyl halides is 3. The number of nitrogens with one attached hydrogen (secondary N) is 1. The van der Waals surface area contributed by atoms with Gasteiger partial charge in [0, 0.05) is 37.6 Å². The van der Waals surface area contributed by atoms with Gasteiger partial charge in [-0.25, -0.2) is 9.18 Å². The van der Waals surface area contributed by atoms with Gasteiger partial charge in [-0.2, -0.15) is 13.2 Å². The average molecular weight is 436 g/mol. The Morgan fingerprint density at radius 2 is 1.81 bits per heavy atom. The fraction of sp³-hybridized carbons (Fsp3) is 0.381. The largest absolute Gasteiger partial charge is 0.433 e. The maximum absolute atomic E-state index is 13.4. The summed E-state index contributed by atoms with van der Waals surface area (Å²) < 4.78 is 51.2. The van der Waals surface area contributed by atoms with Gasteiger partial charge in [0.1, 0.15) is 11.5 Å². The summed E-state index contributed by atoms with van der Waals surface area (Å²) in [6.45, 7) is 1.21. The first-order valence-electron chi connectivity index (χ1n) is 9.91.